The van der Waals surface area contributed by atoms with Crippen molar-refractivity contribution in [1.82, 2.24) is 4.98 Å². The number of rotatable bonds is 3. The molecular weight excluding hydrogens is 190 g/mol. The predicted molar refractivity (Wildman–Crippen MR) is 60.6 cm³/mol. The van der Waals surface area contributed by atoms with Gasteiger partial charge in [-0.15, -0.1) is 0 Å². The molecule has 0 saturated heterocycles. The second-order valence-corrected chi connectivity index (χ2v) is 2.99. The molecule has 0 saturated carbocycles. The van der Waals surface area contributed by atoms with Gasteiger partial charge in [0.05, 0.1) is 23.1 Å². The Bertz CT molecular complexity index is 522. The van der Waals surface area contributed by atoms with E-state index in [-0.39, 0.29) is 0 Å². The fraction of sp³-hybridized carbons (Fsp3) is 0. The molecule has 0 unspecified atom stereocenters. The van der Waals surface area contributed by atoms with E-state index in [2.05, 4.69) is 22.0 Å². The minimum absolute atomic E-state index is 0.618. The number of anilines is 1. The van der Waals surface area contributed by atoms with Crippen molar-refractivity contribution >= 4 is 35.4 Å². The fourth-order valence-electron chi connectivity index (χ4n) is 1.42. The second kappa shape index (κ2) is 3.88. The van der Waals surface area contributed by atoms with Gasteiger partial charge in [-0.3, -0.25) is 14.8 Å². The molecule has 2 aromatic rings. The Morgan fingerprint density at radius 1 is 1.47 bits per heavy atom. The van der Waals surface area contributed by atoms with Gasteiger partial charge in [-0.2, -0.15) is 0 Å². The molecule has 0 radical (unpaired) electrons. The molecule has 2 rings (SSSR count). The monoisotopic (exact) mass is 199 g/mol. The highest BCUT2D eigenvalue weighted by Crippen LogP contribution is 2.26. The highest BCUT2D eigenvalue weighted by molar-refractivity contribution is 5.93. The van der Waals surface area contributed by atoms with E-state index in [0.717, 1.165) is 16.6 Å². The first-order valence-electron chi connectivity index (χ1n) is 4.41. The molecule has 1 heterocycles. The van der Waals surface area contributed by atoms with Crippen LogP contribution in [0, 0.1) is 0 Å². The SMILES string of the molecule is C=Nc1cccc2ncc(NC=O)cc12. The number of amides is 1. The molecule has 1 aromatic carbocycles. The van der Waals surface area contributed by atoms with Gasteiger partial charge in [0.1, 0.15) is 0 Å². The van der Waals surface area contributed by atoms with Gasteiger partial charge in [0, 0.05) is 5.39 Å². The van der Waals surface area contributed by atoms with Crippen LogP contribution in [-0.4, -0.2) is 18.1 Å². The van der Waals surface area contributed by atoms with Crippen LogP contribution in [0.2, 0.25) is 0 Å². The Labute approximate surface area is 86.7 Å². The van der Waals surface area contributed by atoms with Gasteiger partial charge in [0.15, 0.2) is 0 Å². The number of fused-ring (bicyclic) bond motifs is 1. The maximum absolute atomic E-state index is 10.3. The summed E-state index contributed by atoms with van der Waals surface area (Å²) in [5, 5.41) is 3.42. The summed E-state index contributed by atoms with van der Waals surface area (Å²) in [5.41, 5.74) is 2.24. The molecule has 0 bridgehead atoms. The number of benzene rings is 1. The maximum atomic E-state index is 10.3. The molecule has 1 aromatic heterocycles. The lowest BCUT2D eigenvalue weighted by Gasteiger charge is -2.03. The number of nitrogens with one attached hydrogen (secondary N) is 1. The number of nitrogens with zero attached hydrogens (tertiary/aromatic N) is 2. The first kappa shape index (κ1) is 9.33. The first-order valence-corrected chi connectivity index (χ1v) is 4.41. The van der Waals surface area contributed by atoms with Gasteiger partial charge in [-0.1, -0.05) is 6.07 Å². The number of pyridine rings is 1. The molecular formula is C11H9N3O. The molecule has 4 nitrogen and oxygen atoms in total. The summed E-state index contributed by atoms with van der Waals surface area (Å²) in [6, 6.07) is 7.42. The third-order valence-electron chi connectivity index (χ3n) is 2.10. The number of carbonyl (C=O) groups excluding carboxylic acids is 1. The van der Waals surface area contributed by atoms with Crippen molar-refractivity contribution in [2.24, 2.45) is 4.99 Å². The molecule has 0 aliphatic heterocycles. The molecule has 4 heteroatoms. The van der Waals surface area contributed by atoms with Crippen molar-refractivity contribution in [3.05, 3.63) is 30.5 Å². The molecule has 74 valence electrons. The van der Waals surface area contributed by atoms with Crippen molar-refractivity contribution < 1.29 is 4.79 Å². The Morgan fingerprint density at radius 3 is 3.07 bits per heavy atom. The highest BCUT2D eigenvalue weighted by Gasteiger charge is 2.01. The van der Waals surface area contributed by atoms with E-state index in [1.54, 1.807) is 6.20 Å². The number of aliphatic imine (C=N–C) groups is 1. The van der Waals surface area contributed by atoms with Gasteiger partial charge >= 0.3 is 0 Å². The van der Waals surface area contributed by atoms with Crippen LogP contribution >= 0.6 is 0 Å². The minimum Gasteiger partial charge on any atom is -0.327 e. The molecule has 1 N–H and O–H groups in total. The lowest BCUT2D eigenvalue weighted by Crippen LogP contribution is -1.94. The van der Waals surface area contributed by atoms with Crippen LogP contribution in [-0.2, 0) is 4.79 Å². The molecule has 15 heavy (non-hydrogen) atoms. The van der Waals surface area contributed by atoms with Crippen molar-refractivity contribution in [3.8, 4) is 0 Å². The van der Waals surface area contributed by atoms with Gasteiger partial charge in [-0.05, 0) is 24.9 Å². The standard InChI is InChI=1S/C11H9N3O/c1-12-10-3-2-4-11-9(10)5-8(6-13-11)14-7-15/h2-7H,1H2,(H,14,15). The summed E-state index contributed by atoms with van der Waals surface area (Å²) in [6.45, 7) is 3.49. The van der Waals surface area contributed by atoms with Crippen LogP contribution in [0.15, 0.2) is 35.5 Å². The number of carbonyl (C=O) groups is 1. The summed E-state index contributed by atoms with van der Waals surface area (Å²) >= 11 is 0. The van der Waals surface area contributed by atoms with E-state index in [0.29, 0.717) is 12.1 Å². The normalized spacial score (nSPS) is 9.87. The van der Waals surface area contributed by atoms with E-state index < -0.39 is 0 Å². The van der Waals surface area contributed by atoms with Crippen LogP contribution in [0.25, 0.3) is 10.9 Å². The second-order valence-electron chi connectivity index (χ2n) is 2.99. The number of hydrogen-bond acceptors (Lipinski definition) is 3. The van der Waals surface area contributed by atoms with Crippen molar-refractivity contribution in [1.29, 1.82) is 0 Å². The molecule has 0 atom stereocenters. The Kier molecular flexibility index (Phi) is 2.41. The molecule has 1 amide bonds. The average molecular weight is 199 g/mol. The number of aromatic nitrogens is 1. The Hall–Kier alpha value is -2.23. The molecule has 0 aliphatic rings. The topological polar surface area (TPSA) is 54.4 Å². The van der Waals surface area contributed by atoms with Crippen molar-refractivity contribution in [3.63, 3.8) is 0 Å². The summed E-state index contributed by atoms with van der Waals surface area (Å²) in [6.07, 6.45) is 2.22. The van der Waals surface area contributed by atoms with Gasteiger partial charge in [0.2, 0.25) is 6.41 Å². The van der Waals surface area contributed by atoms with E-state index >= 15 is 0 Å². The lowest BCUT2D eigenvalue weighted by molar-refractivity contribution is -0.105. The van der Waals surface area contributed by atoms with Crippen LogP contribution in [0.1, 0.15) is 0 Å². The van der Waals surface area contributed by atoms with Gasteiger partial charge < -0.3 is 5.32 Å². The lowest BCUT2D eigenvalue weighted by atomic mass is 10.2. The molecule has 0 fully saturated rings. The van der Waals surface area contributed by atoms with Gasteiger partial charge in [-0.25, -0.2) is 0 Å². The number of hydrogen-bond donors (Lipinski definition) is 1. The van der Waals surface area contributed by atoms with E-state index in [1.807, 2.05) is 24.3 Å². The van der Waals surface area contributed by atoms with Crippen LogP contribution < -0.4 is 5.32 Å². The zero-order chi connectivity index (χ0) is 10.7. The summed E-state index contributed by atoms with van der Waals surface area (Å²) in [4.78, 5) is 18.4. The van der Waals surface area contributed by atoms with Crippen LogP contribution in [0.4, 0.5) is 11.4 Å². The zero-order valence-electron chi connectivity index (χ0n) is 7.97. The fourth-order valence-corrected chi connectivity index (χ4v) is 1.42. The molecule has 0 spiro atoms. The minimum atomic E-state index is 0.618. The largest absolute Gasteiger partial charge is 0.327 e. The Balaban J connectivity index is 2.66. The highest BCUT2D eigenvalue weighted by atomic mass is 16.1. The predicted octanol–water partition coefficient (Wildman–Crippen LogP) is 2.14. The van der Waals surface area contributed by atoms with Crippen LogP contribution in [0.3, 0.4) is 0 Å². The summed E-state index contributed by atoms with van der Waals surface area (Å²) in [5.74, 6) is 0. The Morgan fingerprint density at radius 2 is 2.33 bits per heavy atom. The average Bonchev–Trinajstić information content (AvgIpc) is 2.28. The summed E-state index contributed by atoms with van der Waals surface area (Å²) < 4.78 is 0. The van der Waals surface area contributed by atoms with E-state index in [4.69, 9.17) is 0 Å². The quantitative estimate of drug-likeness (QED) is 0.608. The van der Waals surface area contributed by atoms with E-state index in [9.17, 15) is 4.79 Å². The van der Waals surface area contributed by atoms with E-state index in [1.165, 1.54) is 0 Å². The van der Waals surface area contributed by atoms with Crippen molar-refractivity contribution in [2.75, 3.05) is 5.32 Å². The van der Waals surface area contributed by atoms with Crippen molar-refractivity contribution in [2.45, 2.75) is 0 Å². The van der Waals surface area contributed by atoms with Crippen LogP contribution in [0.5, 0.6) is 0 Å². The third kappa shape index (κ3) is 1.69. The maximum Gasteiger partial charge on any atom is 0.211 e. The first-order chi connectivity index (χ1) is 7.35. The third-order valence-corrected chi connectivity index (χ3v) is 2.10. The smallest absolute Gasteiger partial charge is 0.211 e. The van der Waals surface area contributed by atoms with Gasteiger partial charge in [0.25, 0.3) is 0 Å². The zero-order valence-corrected chi connectivity index (χ0v) is 7.97. The summed E-state index contributed by atoms with van der Waals surface area (Å²) in [7, 11) is 0. The molecule has 0 aliphatic carbocycles.